The Morgan fingerprint density at radius 2 is 2.05 bits per heavy atom. The Balaban J connectivity index is 1.67. The molecular weight excluding hydrogens is 240 g/mol. The van der Waals surface area contributed by atoms with Crippen LogP contribution < -0.4 is 15.4 Å². The Hall–Kier alpha value is -1.55. The van der Waals surface area contributed by atoms with E-state index >= 15 is 0 Å². The van der Waals surface area contributed by atoms with Crippen molar-refractivity contribution in [3.63, 3.8) is 0 Å². The highest BCUT2D eigenvalue weighted by Gasteiger charge is 2.39. The lowest BCUT2D eigenvalue weighted by Crippen LogP contribution is -2.42. The number of hydrogen-bond donors (Lipinski definition) is 2. The topological polar surface area (TPSA) is 50.4 Å². The average Bonchev–Trinajstić information content (AvgIpc) is 2.82. The van der Waals surface area contributed by atoms with E-state index in [2.05, 4.69) is 22.8 Å². The van der Waals surface area contributed by atoms with E-state index in [4.69, 9.17) is 4.74 Å². The maximum absolute atomic E-state index is 11.5. The fraction of sp³-hybridized carbons (Fsp3) is 0.533. The van der Waals surface area contributed by atoms with Gasteiger partial charge < -0.3 is 15.4 Å². The lowest BCUT2D eigenvalue weighted by molar-refractivity contribution is -0.124. The molecule has 3 atom stereocenters. The predicted octanol–water partition coefficient (Wildman–Crippen LogP) is 0.962. The van der Waals surface area contributed by atoms with E-state index in [1.54, 1.807) is 7.11 Å². The molecule has 1 aromatic carbocycles. The molecule has 2 aliphatic rings. The highest BCUT2D eigenvalue weighted by Crippen LogP contribution is 2.30. The molecule has 3 unspecified atom stereocenters. The van der Waals surface area contributed by atoms with Crippen molar-refractivity contribution >= 4 is 5.91 Å². The number of fused-ring (bicyclic) bond motifs is 1. The van der Waals surface area contributed by atoms with Crippen LogP contribution in [0.25, 0.3) is 0 Å². The molecule has 1 aromatic rings. The van der Waals surface area contributed by atoms with Crippen molar-refractivity contribution < 1.29 is 9.53 Å². The van der Waals surface area contributed by atoms with Gasteiger partial charge in [-0.05, 0) is 36.0 Å². The van der Waals surface area contributed by atoms with Crippen LogP contribution in [-0.2, 0) is 11.2 Å². The number of hydrogen-bond acceptors (Lipinski definition) is 3. The van der Waals surface area contributed by atoms with Crippen LogP contribution in [-0.4, -0.2) is 32.1 Å². The summed E-state index contributed by atoms with van der Waals surface area (Å²) in [6, 6.07) is 8.63. The highest BCUT2D eigenvalue weighted by atomic mass is 16.5. The summed E-state index contributed by atoms with van der Waals surface area (Å²) in [6.07, 6.45) is 1.65. The van der Waals surface area contributed by atoms with Crippen LogP contribution in [0.5, 0.6) is 5.75 Å². The van der Waals surface area contributed by atoms with Crippen LogP contribution in [0.15, 0.2) is 24.3 Å². The molecule has 19 heavy (non-hydrogen) atoms. The third-order valence-electron chi connectivity index (χ3n) is 4.36. The quantitative estimate of drug-likeness (QED) is 0.851. The molecule has 0 saturated carbocycles. The molecule has 2 aliphatic heterocycles. The van der Waals surface area contributed by atoms with Crippen molar-refractivity contribution in [2.75, 3.05) is 20.2 Å². The fourth-order valence-corrected chi connectivity index (χ4v) is 3.24. The molecule has 2 saturated heterocycles. The lowest BCUT2D eigenvalue weighted by atomic mass is 9.82. The summed E-state index contributed by atoms with van der Waals surface area (Å²) in [4.78, 5) is 11.5. The van der Waals surface area contributed by atoms with Crippen molar-refractivity contribution in [1.82, 2.24) is 10.6 Å². The molecule has 0 spiro atoms. The molecule has 1 amide bonds. The van der Waals surface area contributed by atoms with Gasteiger partial charge in [0.2, 0.25) is 5.91 Å². The molecule has 3 rings (SSSR count). The first-order chi connectivity index (χ1) is 9.26. The van der Waals surface area contributed by atoms with Gasteiger partial charge in [0.05, 0.1) is 7.11 Å². The molecule has 2 N–H and O–H groups in total. The van der Waals surface area contributed by atoms with E-state index in [1.807, 2.05) is 12.1 Å². The van der Waals surface area contributed by atoms with E-state index in [-0.39, 0.29) is 5.91 Å². The first-order valence-electron chi connectivity index (χ1n) is 6.89. The van der Waals surface area contributed by atoms with E-state index in [0.29, 0.717) is 24.3 Å². The zero-order valence-electron chi connectivity index (χ0n) is 11.2. The molecule has 2 fully saturated rings. The molecule has 0 aliphatic carbocycles. The lowest BCUT2D eigenvalue weighted by Gasteiger charge is -2.28. The molecule has 0 radical (unpaired) electrons. The molecular formula is C15H20N2O2. The summed E-state index contributed by atoms with van der Waals surface area (Å²) >= 11 is 0. The minimum atomic E-state index is 0.199. The Bertz CT molecular complexity index is 458. The minimum absolute atomic E-state index is 0.199. The van der Waals surface area contributed by atoms with Crippen LogP contribution in [0.1, 0.15) is 12.0 Å². The van der Waals surface area contributed by atoms with Crippen LogP contribution in [0.4, 0.5) is 0 Å². The second-order valence-electron chi connectivity index (χ2n) is 5.50. The van der Waals surface area contributed by atoms with Gasteiger partial charge in [0, 0.05) is 25.6 Å². The normalized spacial score (nSPS) is 29.7. The number of methoxy groups -OCH3 is 1. The Labute approximate surface area is 113 Å². The van der Waals surface area contributed by atoms with Crippen LogP contribution >= 0.6 is 0 Å². The Morgan fingerprint density at radius 1 is 1.26 bits per heavy atom. The summed E-state index contributed by atoms with van der Waals surface area (Å²) in [6.45, 7) is 1.85. The first-order valence-corrected chi connectivity index (χ1v) is 6.89. The van der Waals surface area contributed by atoms with Gasteiger partial charge in [0.25, 0.3) is 0 Å². The highest BCUT2D eigenvalue weighted by molar-refractivity contribution is 5.77. The van der Waals surface area contributed by atoms with Crippen molar-refractivity contribution in [2.24, 2.45) is 11.8 Å². The average molecular weight is 260 g/mol. The minimum Gasteiger partial charge on any atom is -0.497 e. The monoisotopic (exact) mass is 260 g/mol. The largest absolute Gasteiger partial charge is 0.497 e. The molecule has 102 valence electrons. The van der Waals surface area contributed by atoms with Crippen molar-refractivity contribution in [1.29, 1.82) is 0 Å². The van der Waals surface area contributed by atoms with Crippen LogP contribution in [0.2, 0.25) is 0 Å². The van der Waals surface area contributed by atoms with Gasteiger partial charge in [-0.25, -0.2) is 0 Å². The van der Waals surface area contributed by atoms with E-state index in [9.17, 15) is 4.79 Å². The number of piperidine rings is 1. The number of nitrogens with one attached hydrogen (secondary N) is 2. The van der Waals surface area contributed by atoms with Crippen molar-refractivity contribution in [3.8, 4) is 5.75 Å². The zero-order valence-corrected chi connectivity index (χ0v) is 11.2. The second-order valence-corrected chi connectivity index (χ2v) is 5.50. The van der Waals surface area contributed by atoms with Gasteiger partial charge in [-0.15, -0.1) is 0 Å². The maximum Gasteiger partial charge on any atom is 0.220 e. The third kappa shape index (κ3) is 2.59. The summed E-state index contributed by atoms with van der Waals surface area (Å²) in [5, 5.41) is 6.53. The van der Waals surface area contributed by atoms with Crippen molar-refractivity contribution in [3.05, 3.63) is 29.8 Å². The number of amides is 1. The summed E-state index contributed by atoms with van der Waals surface area (Å²) in [7, 11) is 1.68. The number of carbonyl (C=O) groups excluding carboxylic acids is 1. The summed E-state index contributed by atoms with van der Waals surface area (Å²) < 4.78 is 5.17. The van der Waals surface area contributed by atoms with Gasteiger partial charge in [-0.1, -0.05) is 12.1 Å². The van der Waals surface area contributed by atoms with E-state index < -0.39 is 0 Å². The van der Waals surface area contributed by atoms with Gasteiger partial charge in [-0.2, -0.15) is 0 Å². The zero-order chi connectivity index (χ0) is 13.2. The SMILES string of the molecule is COc1ccc(CC2NCC3CNC(=O)CC32)cc1. The van der Waals surface area contributed by atoms with Crippen molar-refractivity contribution in [2.45, 2.75) is 18.9 Å². The second kappa shape index (κ2) is 5.21. The molecule has 4 heteroatoms. The van der Waals surface area contributed by atoms with Crippen LogP contribution in [0, 0.1) is 11.8 Å². The number of carbonyl (C=O) groups is 1. The fourth-order valence-electron chi connectivity index (χ4n) is 3.24. The molecule has 0 bridgehead atoms. The number of ether oxygens (including phenoxy) is 1. The standard InChI is InChI=1S/C15H20N2O2/c1-19-12-4-2-10(3-5-12)6-14-13-7-15(18)17-9-11(13)8-16-14/h2-5,11,13-14,16H,6-9H2,1H3,(H,17,18). The molecule has 4 nitrogen and oxygen atoms in total. The first kappa shape index (κ1) is 12.5. The molecule has 0 aromatic heterocycles. The van der Waals surface area contributed by atoms with Gasteiger partial charge in [0.15, 0.2) is 0 Å². The van der Waals surface area contributed by atoms with Crippen LogP contribution in [0.3, 0.4) is 0 Å². The maximum atomic E-state index is 11.5. The van der Waals surface area contributed by atoms with E-state index in [1.165, 1.54) is 5.56 Å². The Kier molecular flexibility index (Phi) is 3.42. The molecule has 2 heterocycles. The van der Waals surface area contributed by atoms with E-state index in [0.717, 1.165) is 25.3 Å². The summed E-state index contributed by atoms with van der Waals surface area (Å²) in [5.41, 5.74) is 1.30. The smallest absolute Gasteiger partial charge is 0.220 e. The van der Waals surface area contributed by atoms with Gasteiger partial charge in [-0.3, -0.25) is 4.79 Å². The van der Waals surface area contributed by atoms with Gasteiger partial charge >= 0.3 is 0 Å². The number of rotatable bonds is 3. The third-order valence-corrected chi connectivity index (χ3v) is 4.36. The summed E-state index contributed by atoms with van der Waals surface area (Å²) in [5.74, 6) is 2.17. The van der Waals surface area contributed by atoms with Gasteiger partial charge in [0.1, 0.15) is 5.75 Å². The Morgan fingerprint density at radius 3 is 2.79 bits per heavy atom. The predicted molar refractivity (Wildman–Crippen MR) is 73.1 cm³/mol. The number of benzene rings is 1.